The maximum absolute atomic E-state index is 10.2. The van der Waals surface area contributed by atoms with Crippen LogP contribution < -0.4 is 5.32 Å². The van der Waals surface area contributed by atoms with Crippen LogP contribution in [0.15, 0.2) is 64.9 Å². The van der Waals surface area contributed by atoms with Crippen LogP contribution in [0.2, 0.25) is 0 Å². The molecule has 0 fully saturated rings. The van der Waals surface area contributed by atoms with Gasteiger partial charge in [-0.3, -0.25) is 0 Å². The Bertz CT molecular complexity index is 935. The standard InChI is InChI=1S/C18H15N3O2S/c22-14(15-7-4-8-23-15)9-19-17-16-13(12-5-2-1-3-6-12)10-24-18(16)21-11-20-17/h1-8,10-11,14,22H,9H2,(H,19,20,21)/t14-/m0/s1. The summed E-state index contributed by atoms with van der Waals surface area (Å²) in [6, 6.07) is 13.7. The number of furan rings is 1. The number of nitrogens with zero attached hydrogens (tertiary/aromatic N) is 2. The molecular weight excluding hydrogens is 322 g/mol. The number of aliphatic hydroxyl groups excluding tert-OH is 1. The zero-order valence-corrected chi connectivity index (χ0v) is 13.5. The highest BCUT2D eigenvalue weighted by Gasteiger charge is 2.15. The number of fused-ring (bicyclic) bond motifs is 1. The van der Waals surface area contributed by atoms with E-state index in [9.17, 15) is 5.11 Å². The Morgan fingerprint density at radius 1 is 1.12 bits per heavy atom. The van der Waals surface area contributed by atoms with Gasteiger partial charge in [-0.25, -0.2) is 9.97 Å². The van der Waals surface area contributed by atoms with E-state index in [1.165, 1.54) is 6.33 Å². The molecule has 6 heteroatoms. The number of thiophene rings is 1. The number of aliphatic hydroxyl groups is 1. The topological polar surface area (TPSA) is 71.2 Å². The largest absolute Gasteiger partial charge is 0.467 e. The first-order valence-corrected chi connectivity index (χ1v) is 8.44. The molecule has 0 aliphatic heterocycles. The highest BCUT2D eigenvalue weighted by atomic mass is 32.1. The van der Waals surface area contributed by atoms with Crippen molar-refractivity contribution in [3.63, 3.8) is 0 Å². The van der Waals surface area contributed by atoms with E-state index in [2.05, 4.69) is 32.8 Å². The number of anilines is 1. The lowest BCUT2D eigenvalue weighted by Gasteiger charge is -2.11. The van der Waals surface area contributed by atoms with Gasteiger partial charge in [-0.1, -0.05) is 30.3 Å². The lowest BCUT2D eigenvalue weighted by atomic mass is 10.1. The van der Waals surface area contributed by atoms with Crippen LogP contribution in [0.4, 0.5) is 5.82 Å². The number of benzene rings is 1. The van der Waals surface area contributed by atoms with Gasteiger partial charge in [-0.2, -0.15) is 0 Å². The van der Waals surface area contributed by atoms with E-state index in [1.54, 1.807) is 29.7 Å². The van der Waals surface area contributed by atoms with Gasteiger partial charge in [-0.15, -0.1) is 11.3 Å². The molecule has 0 saturated heterocycles. The van der Waals surface area contributed by atoms with E-state index in [0.717, 1.165) is 21.3 Å². The number of nitrogens with one attached hydrogen (secondary N) is 1. The van der Waals surface area contributed by atoms with Crippen LogP contribution in [0, 0.1) is 0 Å². The van der Waals surface area contributed by atoms with Crippen LogP contribution >= 0.6 is 11.3 Å². The van der Waals surface area contributed by atoms with Crippen LogP contribution in [0.3, 0.4) is 0 Å². The van der Waals surface area contributed by atoms with Gasteiger partial charge in [0.05, 0.1) is 11.6 Å². The summed E-state index contributed by atoms with van der Waals surface area (Å²) < 4.78 is 5.23. The molecule has 4 aromatic rings. The van der Waals surface area contributed by atoms with Gasteiger partial charge in [0, 0.05) is 17.5 Å². The molecule has 3 heterocycles. The van der Waals surface area contributed by atoms with Crippen molar-refractivity contribution in [2.24, 2.45) is 0 Å². The molecule has 0 saturated carbocycles. The van der Waals surface area contributed by atoms with Gasteiger partial charge in [0.2, 0.25) is 0 Å². The van der Waals surface area contributed by atoms with E-state index >= 15 is 0 Å². The minimum Gasteiger partial charge on any atom is -0.467 e. The van der Waals surface area contributed by atoms with Gasteiger partial charge in [0.15, 0.2) is 0 Å². The van der Waals surface area contributed by atoms with E-state index in [0.29, 0.717) is 18.1 Å². The Labute approximate surface area is 142 Å². The number of rotatable bonds is 5. The van der Waals surface area contributed by atoms with Crippen LogP contribution in [0.25, 0.3) is 21.3 Å². The molecule has 0 unspecified atom stereocenters. The maximum Gasteiger partial charge on any atom is 0.138 e. The first-order valence-electron chi connectivity index (χ1n) is 7.56. The Balaban J connectivity index is 1.67. The number of hydrogen-bond acceptors (Lipinski definition) is 6. The maximum atomic E-state index is 10.2. The normalized spacial score (nSPS) is 12.4. The van der Waals surface area contributed by atoms with Crippen molar-refractivity contribution >= 4 is 27.4 Å². The van der Waals surface area contributed by atoms with Gasteiger partial charge in [-0.05, 0) is 17.7 Å². The van der Waals surface area contributed by atoms with Crippen molar-refractivity contribution < 1.29 is 9.52 Å². The summed E-state index contributed by atoms with van der Waals surface area (Å²) in [5, 5.41) is 16.5. The summed E-state index contributed by atoms with van der Waals surface area (Å²) in [6.07, 6.45) is 2.35. The van der Waals surface area contributed by atoms with Crippen molar-refractivity contribution in [3.05, 3.63) is 66.2 Å². The molecule has 0 bridgehead atoms. The molecular formula is C18H15N3O2S. The third-order valence-electron chi connectivity index (χ3n) is 3.79. The summed E-state index contributed by atoms with van der Waals surface area (Å²) in [7, 11) is 0. The molecule has 0 amide bonds. The molecule has 24 heavy (non-hydrogen) atoms. The fourth-order valence-electron chi connectivity index (χ4n) is 2.61. The molecule has 0 aliphatic carbocycles. The smallest absolute Gasteiger partial charge is 0.138 e. The Morgan fingerprint density at radius 2 is 2.00 bits per heavy atom. The predicted molar refractivity (Wildman–Crippen MR) is 95.0 cm³/mol. The minimum atomic E-state index is -0.733. The molecule has 0 radical (unpaired) electrons. The molecule has 1 aromatic carbocycles. The van der Waals surface area contributed by atoms with Crippen molar-refractivity contribution in [2.45, 2.75) is 6.10 Å². The minimum absolute atomic E-state index is 0.309. The van der Waals surface area contributed by atoms with E-state index in [1.807, 2.05) is 18.2 Å². The molecule has 4 rings (SSSR count). The SMILES string of the molecule is O[C@@H](CNc1ncnc2scc(-c3ccccc3)c12)c1ccco1. The van der Waals surface area contributed by atoms with Gasteiger partial charge < -0.3 is 14.8 Å². The van der Waals surface area contributed by atoms with Gasteiger partial charge in [0.25, 0.3) is 0 Å². The second-order valence-electron chi connectivity index (χ2n) is 5.33. The molecule has 3 aromatic heterocycles. The highest BCUT2D eigenvalue weighted by Crippen LogP contribution is 2.36. The monoisotopic (exact) mass is 337 g/mol. The molecule has 5 nitrogen and oxygen atoms in total. The van der Waals surface area contributed by atoms with Crippen LogP contribution in [0.1, 0.15) is 11.9 Å². The van der Waals surface area contributed by atoms with Crippen molar-refractivity contribution in [1.29, 1.82) is 0 Å². The average molecular weight is 337 g/mol. The molecule has 2 N–H and O–H groups in total. The van der Waals surface area contributed by atoms with Gasteiger partial charge >= 0.3 is 0 Å². The van der Waals surface area contributed by atoms with Crippen LogP contribution in [-0.2, 0) is 0 Å². The second kappa shape index (κ2) is 6.43. The summed E-state index contributed by atoms with van der Waals surface area (Å²) in [6.45, 7) is 0.309. The Morgan fingerprint density at radius 3 is 2.79 bits per heavy atom. The molecule has 120 valence electrons. The summed E-state index contributed by atoms with van der Waals surface area (Å²) >= 11 is 1.58. The summed E-state index contributed by atoms with van der Waals surface area (Å²) in [5.74, 6) is 1.24. The lowest BCUT2D eigenvalue weighted by molar-refractivity contribution is 0.162. The Hall–Kier alpha value is -2.70. The predicted octanol–water partition coefficient (Wildman–Crippen LogP) is 4.10. The average Bonchev–Trinajstić information content (AvgIpc) is 3.30. The highest BCUT2D eigenvalue weighted by molar-refractivity contribution is 7.17. The quantitative estimate of drug-likeness (QED) is 0.574. The number of hydrogen-bond donors (Lipinski definition) is 2. The van der Waals surface area contributed by atoms with Crippen LogP contribution in [-0.4, -0.2) is 21.6 Å². The van der Waals surface area contributed by atoms with Gasteiger partial charge in [0.1, 0.15) is 28.8 Å². The van der Waals surface area contributed by atoms with E-state index in [-0.39, 0.29) is 0 Å². The molecule has 0 aliphatic rings. The van der Waals surface area contributed by atoms with Crippen molar-refractivity contribution in [1.82, 2.24) is 9.97 Å². The molecule has 1 atom stereocenters. The third-order valence-corrected chi connectivity index (χ3v) is 4.68. The Kier molecular flexibility index (Phi) is 3.98. The third kappa shape index (κ3) is 2.77. The van der Waals surface area contributed by atoms with E-state index < -0.39 is 6.10 Å². The zero-order valence-electron chi connectivity index (χ0n) is 12.7. The number of aromatic nitrogens is 2. The fraction of sp³-hybridized carbons (Fsp3) is 0.111. The zero-order chi connectivity index (χ0) is 16.4. The second-order valence-corrected chi connectivity index (χ2v) is 6.19. The lowest BCUT2D eigenvalue weighted by Crippen LogP contribution is -2.12. The first-order chi connectivity index (χ1) is 11.8. The molecule has 0 spiro atoms. The first kappa shape index (κ1) is 14.9. The fourth-order valence-corrected chi connectivity index (χ4v) is 3.53. The summed E-state index contributed by atoms with van der Waals surface area (Å²) in [4.78, 5) is 9.63. The van der Waals surface area contributed by atoms with Crippen molar-refractivity contribution in [2.75, 3.05) is 11.9 Å². The van der Waals surface area contributed by atoms with E-state index in [4.69, 9.17) is 4.42 Å². The van der Waals surface area contributed by atoms with Crippen LogP contribution in [0.5, 0.6) is 0 Å². The summed E-state index contributed by atoms with van der Waals surface area (Å²) in [5.41, 5.74) is 2.21. The van der Waals surface area contributed by atoms with Crippen molar-refractivity contribution in [3.8, 4) is 11.1 Å².